The summed E-state index contributed by atoms with van der Waals surface area (Å²) in [4.78, 5) is 40.9. The van der Waals surface area contributed by atoms with Gasteiger partial charge >= 0.3 is 6.18 Å². The number of carbonyl (C=O) groups is 3. The first-order valence-electron chi connectivity index (χ1n) is 16.1. The molecular formula is C41H29BrF3N3O4S. The lowest BCUT2D eigenvalue weighted by Crippen LogP contribution is -2.30. The van der Waals surface area contributed by atoms with Gasteiger partial charge in [-0.3, -0.25) is 14.4 Å². The van der Waals surface area contributed by atoms with E-state index in [2.05, 4.69) is 31.9 Å². The van der Waals surface area contributed by atoms with Crippen molar-refractivity contribution < 1.29 is 32.0 Å². The third kappa shape index (κ3) is 9.73. The number of thioether (sulfide) groups is 1. The summed E-state index contributed by atoms with van der Waals surface area (Å²) in [7, 11) is 0. The lowest BCUT2D eigenvalue weighted by molar-refractivity contribution is -0.137. The van der Waals surface area contributed by atoms with E-state index in [0.29, 0.717) is 33.2 Å². The van der Waals surface area contributed by atoms with Crippen LogP contribution in [0.1, 0.15) is 32.5 Å². The van der Waals surface area contributed by atoms with Crippen molar-refractivity contribution >= 4 is 62.9 Å². The Morgan fingerprint density at radius 2 is 1.36 bits per heavy atom. The summed E-state index contributed by atoms with van der Waals surface area (Å²) in [5, 5.41) is 7.03. The second kappa shape index (κ2) is 16.7. The molecule has 1 aromatic heterocycles. The van der Waals surface area contributed by atoms with Crippen molar-refractivity contribution in [1.29, 1.82) is 0 Å². The molecule has 0 bridgehead atoms. The minimum absolute atomic E-state index is 0.0750. The van der Waals surface area contributed by atoms with E-state index in [4.69, 9.17) is 4.42 Å². The van der Waals surface area contributed by atoms with Crippen LogP contribution in [-0.2, 0) is 15.8 Å². The molecule has 6 aromatic rings. The number of hydrogen-bond acceptors (Lipinski definition) is 5. The molecule has 0 saturated heterocycles. The number of hydrogen-bond donors (Lipinski definition) is 3. The molecule has 0 fully saturated rings. The third-order valence-electron chi connectivity index (χ3n) is 7.77. The summed E-state index contributed by atoms with van der Waals surface area (Å²) >= 11 is 4.55. The highest BCUT2D eigenvalue weighted by Crippen LogP contribution is 2.39. The zero-order valence-electron chi connectivity index (χ0n) is 27.6. The van der Waals surface area contributed by atoms with Gasteiger partial charge in [0.05, 0.1) is 11.3 Å². The molecule has 266 valence electrons. The van der Waals surface area contributed by atoms with Crippen LogP contribution >= 0.6 is 27.7 Å². The topological polar surface area (TPSA) is 100 Å². The van der Waals surface area contributed by atoms with Crippen molar-refractivity contribution in [2.75, 3.05) is 10.6 Å². The first kappa shape index (κ1) is 36.9. The van der Waals surface area contributed by atoms with E-state index in [-0.39, 0.29) is 11.4 Å². The molecule has 1 heterocycles. The SMILES string of the molecule is O=C(Nc1ccc(SC(C(=O)Nc2ccccc2C(F)(F)F)c2ccccc2)cc1)C(=Cc1ccc(-c2ccc(Br)cc2)o1)NC(=O)c1ccccc1. The van der Waals surface area contributed by atoms with Crippen molar-refractivity contribution in [2.24, 2.45) is 0 Å². The first-order valence-corrected chi connectivity index (χ1v) is 17.7. The Morgan fingerprint density at radius 3 is 2.04 bits per heavy atom. The zero-order valence-corrected chi connectivity index (χ0v) is 30.0. The van der Waals surface area contributed by atoms with Gasteiger partial charge in [0.25, 0.3) is 11.8 Å². The molecule has 3 amide bonds. The molecule has 0 aliphatic heterocycles. The molecule has 0 aliphatic rings. The summed E-state index contributed by atoms with van der Waals surface area (Å²) in [6.07, 6.45) is -3.22. The Hall–Kier alpha value is -5.85. The quantitative estimate of drug-likeness (QED) is 0.0896. The van der Waals surface area contributed by atoms with Gasteiger partial charge in [-0.05, 0) is 78.4 Å². The third-order valence-corrected chi connectivity index (χ3v) is 9.56. The predicted octanol–water partition coefficient (Wildman–Crippen LogP) is 10.6. The lowest BCUT2D eigenvalue weighted by atomic mass is 10.1. The van der Waals surface area contributed by atoms with E-state index in [0.717, 1.165) is 27.9 Å². The van der Waals surface area contributed by atoms with Crippen molar-refractivity contribution in [3.63, 3.8) is 0 Å². The van der Waals surface area contributed by atoms with Gasteiger partial charge in [-0.1, -0.05) is 88.7 Å². The van der Waals surface area contributed by atoms with Gasteiger partial charge in [-0.2, -0.15) is 13.2 Å². The molecule has 1 atom stereocenters. The number of halogens is 4. The van der Waals surface area contributed by atoms with Crippen molar-refractivity contribution in [2.45, 2.75) is 16.3 Å². The fourth-order valence-corrected chi connectivity index (χ4v) is 6.46. The van der Waals surface area contributed by atoms with Gasteiger partial charge in [-0.15, -0.1) is 11.8 Å². The van der Waals surface area contributed by atoms with Crippen molar-refractivity contribution in [3.8, 4) is 11.3 Å². The summed E-state index contributed by atoms with van der Waals surface area (Å²) in [6, 6.07) is 39.5. The smallest absolute Gasteiger partial charge is 0.418 e. The fourth-order valence-electron chi connectivity index (χ4n) is 5.17. The number of anilines is 2. The maximum Gasteiger partial charge on any atom is 0.418 e. The van der Waals surface area contributed by atoms with E-state index in [9.17, 15) is 27.6 Å². The number of para-hydroxylation sites is 1. The maximum atomic E-state index is 13.7. The number of alkyl halides is 3. The minimum Gasteiger partial charge on any atom is -0.457 e. The first-order chi connectivity index (χ1) is 25.5. The molecule has 0 spiro atoms. The summed E-state index contributed by atoms with van der Waals surface area (Å²) in [5.74, 6) is -0.864. The van der Waals surface area contributed by atoms with Gasteiger partial charge in [0.15, 0.2) is 0 Å². The number of nitrogens with one attached hydrogen (secondary N) is 3. The Kier molecular flexibility index (Phi) is 11.6. The minimum atomic E-state index is -4.65. The number of benzene rings is 5. The molecule has 0 aliphatic carbocycles. The monoisotopic (exact) mass is 795 g/mol. The van der Waals surface area contributed by atoms with E-state index >= 15 is 0 Å². The largest absolute Gasteiger partial charge is 0.457 e. The molecule has 7 nitrogen and oxygen atoms in total. The van der Waals surface area contributed by atoms with Crippen LogP contribution in [-0.4, -0.2) is 17.7 Å². The number of furan rings is 1. The molecule has 6 rings (SSSR count). The Morgan fingerprint density at radius 1 is 0.717 bits per heavy atom. The average Bonchev–Trinajstić information content (AvgIpc) is 3.63. The van der Waals surface area contributed by atoms with Crippen LogP contribution in [0.15, 0.2) is 165 Å². The molecule has 3 N–H and O–H groups in total. The molecule has 1 unspecified atom stereocenters. The van der Waals surface area contributed by atoms with E-state index in [1.54, 1.807) is 97.1 Å². The van der Waals surface area contributed by atoms with E-state index < -0.39 is 34.7 Å². The van der Waals surface area contributed by atoms with Crippen LogP contribution in [0, 0.1) is 0 Å². The second-order valence-corrected chi connectivity index (χ2v) is 13.6. The van der Waals surface area contributed by atoms with Crippen LogP contribution in [0.4, 0.5) is 24.5 Å². The Bertz CT molecular complexity index is 2240. The summed E-state index contributed by atoms with van der Waals surface area (Å²) < 4.78 is 47.9. The van der Waals surface area contributed by atoms with Gasteiger partial charge in [-0.25, -0.2) is 0 Å². The van der Waals surface area contributed by atoms with Crippen molar-refractivity contribution in [1.82, 2.24) is 5.32 Å². The van der Waals surface area contributed by atoms with Crippen LogP contribution < -0.4 is 16.0 Å². The highest BCUT2D eigenvalue weighted by atomic mass is 79.9. The molecule has 5 aromatic carbocycles. The van der Waals surface area contributed by atoms with E-state index in [1.165, 1.54) is 24.3 Å². The van der Waals surface area contributed by atoms with Crippen LogP contribution in [0.3, 0.4) is 0 Å². The second-order valence-electron chi connectivity index (χ2n) is 11.5. The standard InChI is InChI=1S/C41H29BrF3N3O4S/c42-29-17-15-26(16-18-29)36-24-21-31(52-36)25-35(48-38(49)28-11-5-2-6-12-28)39(50)46-30-19-22-32(23-20-30)53-37(27-9-3-1-4-10-27)40(51)47-34-14-8-7-13-33(34)41(43,44)45/h1-25,37H,(H,46,50)(H,47,51)(H,48,49). The number of rotatable bonds is 11. The van der Waals surface area contributed by atoms with Gasteiger partial charge in [0, 0.05) is 32.3 Å². The molecule has 0 radical (unpaired) electrons. The van der Waals surface area contributed by atoms with Crippen LogP contribution in [0.25, 0.3) is 17.4 Å². The number of carbonyl (C=O) groups excluding carboxylic acids is 3. The maximum absolute atomic E-state index is 13.7. The number of amides is 3. The van der Waals surface area contributed by atoms with Crippen molar-refractivity contribution in [3.05, 3.63) is 178 Å². The normalized spacial score (nSPS) is 12.1. The van der Waals surface area contributed by atoms with Crippen LogP contribution in [0.2, 0.25) is 0 Å². The molecule has 0 saturated carbocycles. The van der Waals surface area contributed by atoms with E-state index in [1.807, 2.05) is 24.3 Å². The highest BCUT2D eigenvalue weighted by Gasteiger charge is 2.34. The molecule has 12 heteroatoms. The highest BCUT2D eigenvalue weighted by molar-refractivity contribution is 9.10. The summed E-state index contributed by atoms with van der Waals surface area (Å²) in [5.41, 5.74) is 0.775. The van der Waals surface area contributed by atoms with Gasteiger partial charge in [0.2, 0.25) is 5.91 Å². The summed E-state index contributed by atoms with van der Waals surface area (Å²) in [6.45, 7) is 0. The Balaban J connectivity index is 1.21. The zero-order chi connectivity index (χ0) is 37.4. The fraction of sp³-hybridized carbons (Fsp3) is 0.0488. The molecular weight excluding hydrogens is 767 g/mol. The van der Waals surface area contributed by atoms with Gasteiger partial charge in [0.1, 0.15) is 22.5 Å². The van der Waals surface area contributed by atoms with Crippen LogP contribution in [0.5, 0.6) is 0 Å². The Labute approximate surface area is 315 Å². The average molecular weight is 797 g/mol. The predicted molar refractivity (Wildman–Crippen MR) is 204 cm³/mol. The lowest BCUT2D eigenvalue weighted by Gasteiger charge is -2.19. The van der Waals surface area contributed by atoms with Gasteiger partial charge < -0.3 is 20.4 Å². The molecule has 53 heavy (non-hydrogen) atoms.